The molecule has 0 aliphatic carbocycles. The molecule has 0 saturated carbocycles. The monoisotopic (exact) mass is 362 g/mol. The third kappa shape index (κ3) is 3.37. The summed E-state index contributed by atoms with van der Waals surface area (Å²) < 4.78 is 6.42. The number of benzene rings is 3. The van der Waals surface area contributed by atoms with Crippen molar-refractivity contribution in [2.75, 3.05) is 0 Å². The number of aryl methyl sites for hydroxylation is 3. The van der Waals surface area contributed by atoms with Crippen LogP contribution in [0.4, 0.5) is 0 Å². The highest BCUT2D eigenvalue weighted by molar-refractivity contribution is 6.31. The summed E-state index contributed by atoms with van der Waals surface area (Å²) >= 11 is 6.45. The molecule has 0 saturated heterocycles. The molecule has 0 bridgehead atoms. The molecule has 26 heavy (non-hydrogen) atoms. The highest BCUT2D eigenvalue weighted by Gasteiger charge is 2.27. The maximum Gasteiger partial charge on any atom is 0.131 e. The molecular weight excluding hydrogens is 340 g/mol. The molecular formula is C24H23ClO. The summed E-state index contributed by atoms with van der Waals surface area (Å²) in [5.74, 6) is 1.02. The molecule has 1 aliphatic heterocycles. The predicted molar refractivity (Wildman–Crippen MR) is 109 cm³/mol. The van der Waals surface area contributed by atoms with E-state index in [9.17, 15) is 0 Å². The fourth-order valence-electron chi connectivity index (χ4n) is 3.95. The van der Waals surface area contributed by atoms with E-state index in [2.05, 4.69) is 74.5 Å². The molecule has 0 N–H and O–H groups in total. The first-order valence-electron chi connectivity index (χ1n) is 9.21. The Balaban J connectivity index is 1.62. The Morgan fingerprint density at radius 3 is 2.42 bits per heavy atom. The minimum absolute atomic E-state index is 0.215. The van der Waals surface area contributed by atoms with Crippen LogP contribution in [0.1, 0.15) is 28.7 Å². The molecule has 0 fully saturated rings. The average Bonchev–Trinajstić information content (AvgIpc) is 3.03. The minimum Gasteiger partial charge on any atom is -0.489 e. The van der Waals surface area contributed by atoms with E-state index in [4.69, 9.17) is 16.3 Å². The minimum atomic E-state index is 0.215. The van der Waals surface area contributed by atoms with Gasteiger partial charge in [0, 0.05) is 17.0 Å². The summed E-state index contributed by atoms with van der Waals surface area (Å²) in [4.78, 5) is 0. The van der Waals surface area contributed by atoms with Crippen molar-refractivity contribution in [2.45, 2.75) is 39.2 Å². The van der Waals surface area contributed by atoms with E-state index in [1.54, 1.807) is 0 Å². The largest absolute Gasteiger partial charge is 0.489 e. The second-order valence-corrected chi connectivity index (χ2v) is 7.61. The SMILES string of the molecule is Cc1cccc(C)c1-c1cc(Cl)cc2c1OC(CCc1ccccc1)C2. The molecule has 132 valence electrons. The number of fused-ring (bicyclic) bond motifs is 1. The lowest BCUT2D eigenvalue weighted by atomic mass is 9.93. The van der Waals surface area contributed by atoms with Crippen molar-refractivity contribution in [3.05, 3.63) is 87.9 Å². The van der Waals surface area contributed by atoms with Gasteiger partial charge in [-0.2, -0.15) is 0 Å². The molecule has 0 spiro atoms. The van der Waals surface area contributed by atoms with E-state index in [-0.39, 0.29) is 6.10 Å². The van der Waals surface area contributed by atoms with Gasteiger partial charge < -0.3 is 4.74 Å². The zero-order valence-electron chi connectivity index (χ0n) is 15.3. The van der Waals surface area contributed by atoms with Gasteiger partial charge in [0.25, 0.3) is 0 Å². The average molecular weight is 363 g/mol. The lowest BCUT2D eigenvalue weighted by Crippen LogP contribution is -2.14. The summed E-state index contributed by atoms with van der Waals surface area (Å²) in [6.45, 7) is 4.30. The zero-order valence-corrected chi connectivity index (χ0v) is 16.0. The van der Waals surface area contributed by atoms with Crippen molar-refractivity contribution in [1.29, 1.82) is 0 Å². The molecule has 0 amide bonds. The van der Waals surface area contributed by atoms with Gasteiger partial charge >= 0.3 is 0 Å². The first-order chi connectivity index (χ1) is 12.6. The Hall–Kier alpha value is -2.25. The maximum atomic E-state index is 6.45. The van der Waals surface area contributed by atoms with Crippen LogP contribution in [-0.2, 0) is 12.8 Å². The highest BCUT2D eigenvalue weighted by Crippen LogP contribution is 2.43. The van der Waals surface area contributed by atoms with Crippen LogP contribution >= 0.6 is 11.6 Å². The van der Waals surface area contributed by atoms with Crippen molar-refractivity contribution in [2.24, 2.45) is 0 Å². The zero-order chi connectivity index (χ0) is 18.1. The molecule has 3 aromatic rings. The third-order valence-electron chi connectivity index (χ3n) is 5.21. The summed E-state index contributed by atoms with van der Waals surface area (Å²) in [6, 6.07) is 21.1. The van der Waals surface area contributed by atoms with Gasteiger partial charge in [0.15, 0.2) is 0 Å². The van der Waals surface area contributed by atoms with Gasteiger partial charge in [0.05, 0.1) is 0 Å². The quantitative estimate of drug-likeness (QED) is 0.510. The maximum absolute atomic E-state index is 6.45. The summed E-state index contributed by atoms with van der Waals surface area (Å²) in [6.07, 6.45) is 3.20. The third-order valence-corrected chi connectivity index (χ3v) is 5.43. The first kappa shape index (κ1) is 17.2. The standard InChI is InChI=1S/C24H23ClO/c1-16-7-6-8-17(2)23(16)22-15-20(25)13-19-14-21(26-24(19)22)12-11-18-9-4-3-5-10-18/h3-10,13,15,21H,11-12,14H2,1-2H3. The Kier molecular flexibility index (Phi) is 4.74. The Bertz CT molecular complexity index is 910. The van der Waals surface area contributed by atoms with E-state index >= 15 is 0 Å². The van der Waals surface area contributed by atoms with Crippen LogP contribution in [0.3, 0.4) is 0 Å². The van der Waals surface area contributed by atoms with Gasteiger partial charge in [-0.25, -0.2) is 0 Å². The summed E-state index contributed by atoms with van der Waals surface area (Å²) in [7, 11) is 0. The predicted octanol–water partition coefficient (Wildman–Crippen LogP) is 6.56. The van der Waals surface area contributed by atoms with Crippen molar-refractivity contribution in [3.63, 3.8) is 0 Å². The van der Waals surface area contributed by atoms with Gasteiger partial charge in [0.1, 0.15) is 11.9 Å². The van der Waals surface area contributed by atoms with Gasteiger partial charge in [-0.15, -0.1) is 0 Å². The van der Waals surface area contributed by atoms with Crippen LogP contribution < -0.4 is 4.74 Å². The smallest absolute Gasteiger partial charge is 0.131 e. The van der Waals surface area contributed by atoms with Crippen LogP contribution in [0.2, 0.25) is 5.02 Å². The molecule has 1 nitrogen and oxygen atoms in total. The Morgan fingerprint density at radius 1 is 0.962 bits per heavy atom. The molecule has 3 aromatic carbocycles. The Labute approximate surface area is 160 Å². The summed E-state index contributed by atoms with van der Waals surface area (Å²) in [5, 5.41) is 0.786. The van der Waals surface area contributed by atoms with Gasteiger partial charge in [-0.3, -0.25) is 0 Å². The molecule has 0 radical (unpaired) electrons. The van der Waals surface area contributed by atoms with E-state index in [0.717, 1.165) is 35.6 Å². The van der Waals surface area contributed by atoms with Crippen LogP contribution in [0, 0.1) is 13.8 Å². The van der Waals surface area contributed by atoms with E-state index in [1.807, 2.05) is 0 Å². The molecule has 4 rings (SSSR count). The summed E-state index contributed by atoms with van der Waals surface area (Å²) in [5.41, 5.74) is 7.48. The molecule has 1 aliphatic rings. The number of hydrogen-bond acceptors (Lipinski definition) is 1. The fourth-order valence-corrected chi connectivity index (χ4v) is 4.19. The van der Waals surface area contributed by atoms with Crippen LogP contribution in [0.5, 0.6) is 5.75 Å². The second-order valence-electron chi connectivity index (χ2n) is 7.18. The normalized spacial score (nSPS) is 15.6. The topological polar surface area (TPSA) is 9.23 Å². The number of rotatable bonds is 4. The number of ether oxygens (including phenoxy) is 1. The first-order valence-corrected chi connectivity index (χ1v) is 9.59. The van der Waals surface area contributed by atoms with Gasteiger partial charge in [-0.05, 0) is 66.6 Å². The lowest BCUT2D eigenvalue weighted by Gasteiger charge is -2.16. The van der Waals surface area contributed by atoms with Crippen LogP contribution in [-0.4, -0.2) is 6.10 Å². The van der Waals surface area contributed by atoms with Crippen molar-refractivity contribution >= 4 is 11.6 Å². The molecule has 1 atom stereocenters. The highest BCUT2D eigenvalue weighted by atomic mass is 35.5. The lowest BCUT2D eigenvalue weighted by molar-refractivity contribution is 0.222. The van der Waals surface area contributed by atoms with E-state index in [0.29, 0.717) is 0 Å². The Morgan fingerprint density at radius 2 is 1.69 bits per heavy atom. The van der Waals surface area contributed by atoms with Crippen LogP contribution in [0.25, 0.3) is 11.1 Å². The molecule has 1 unspecified atom stereocenters. The van der Waals surface area contributed by atoms with Gasteiger partial charge in [-0.1, -0.05) is 60.1 Å². The second kappa shape index (κ2) is 7.17. The molecule has 0 aromatic heterocycles. The van der Waals surface area contributed by atoms with Crippen molar-refractivity contribution < 1.29 is 4.74 Å². The van der Waals surface area contributed by atoms with Crippen molar-refractivity contribution in [1.82, 2.24) is 0 Å². The van der Waals surface area contributed by atoms with Gasteiger partial charge in [0.2, 0.25) is 0 Å². The van der Waals surface area contributed by atoms with Crippen molar-refractivity contribution in [3.8, 4) is 16.9 Å². The number of halogens is 1. The fraction of sp³-hybridized carbons (Fsp3) is 0.250. The number of hydrogen-bond donors (Lipinski definition) is 0. The van der Waals surface area contributed by atoms with Crippen LogP contribution in [0.15, 0.2) is 60.7 Å². The molecule has 2 heteroatoms. The molecule has 1 heterocycles. The van der Waals surface area contributed by atoms with E-state index in [1.165, 1.54) is 27.8 Å². The van der Waals surface area contributed by atoms with E-state index < -0.39 is 0 Å².